The number of fused-ring (bicyclic) bond motifs is 1. The number of carbonyl (C=O) groups excluding carboxylic acids is 1. The monoisotopic (exact) mass is 556 g/mol. The van der Waals surface area contributed by atoms with E-state index >= 15 is 4.39 Å². The van der Waals surface area contributed by atoms with Crippen LogP contribution in [0.2, 0.25) is 0 Å². The molecule has 0 saturated carbocycles. The first-order valence-electron chi connectivity index (χ1n) is 13.7. The Morgan fingerprint density at radius 1 is 1.10 bits per heavy atom. The van der Waals surface area contributed by atoms with Crippen molar-refractivity contribution in [2.24, 2.45) is 4.99 Å². The molecule has 2 saturated heterocycles. The Kier molecular flexibility index (Phi) is 7.59. The largest absolute Gasteiger partial charge is 0.489 e. The highest BCUT2D eigenvalue weighted by Gasteiger charge is 2.26. The van der Waals surface area contributed by atoms with Crippen LogP contribution in [0.3, 0.4) is 0 Å². The number of benzene rings is 2. The fraction of sp³-hybridized carbons (Fsp3) is 0.367. The minimum absolute atomic E-state index is 0.138. The fourth-order valence-corrected chi connectivity index (χ4v) is 5.49. The number of morpholine rings is 1. The van der Waals surface area contributed by atoms with E-state index in [4.69, 9.17) is 19.6 Å². The Balaban J connectivity index is 1.21. The van der Waals surface area contributed by atoms with Crippen molar-refractivity contribution in [3.63, 3.8) is 0 Å². The summed E-state index contributed by atoms with van der Waals surface area (Å²) < 4.78 is 26.6. The zero-order valence-corrected chi connectivity index (χ0v) is 22.4. The first kappa shape index (κ1) is 26.8. The summed E-state index contributed by atoms with van der Waals surface area (Å²) in [6.07, 6.45) is 3.02. The van der Waals surface area contributed by atoms with Gasteiger partial charge in [0.25, 0.3) is 0 Å². The van der Waals surface area contributed by atoms with Gasteiger partial charge >= 0.3 is 0 Å². The minimum atomic E-state index is -0.498. The average Bonchev–Trinajstić information content (AvgIpc) is 3.46. The minimum Gasteiger partial charge on any atom is -0.489 e. The van der Waals surface area contributed by atoms with E-state index in [1.165, 1.54) is 12.4 Å². The van der Waals surface area contributed by atoms with Gasteiger partial charge in [-0.1, -0.05) is 6.07 Å². The van der Waals surface area contributed by atoms with Gasteiger partial charge in [-0.3, -0.25) is 4.79 Å². The average molecular weight is 557 g/mol. The van der Waals surface area contributed by atoms with Crippen LogP contribution in [0, 0.1) is 17.1 Å². The summed E-state index contributed by atoms with van der Waals surface area (Å²) in [5, 5.41) is 19.0. The number of piperidine rings is 1. The molecule has 1 aromatic heterocycles. The van der Waals surface area contributed by atoms with Gasteiger partial charge in [-0.2, -0.15) is 5.26 Å². The number of aliphatic imine (C=N–C) groups is 1. The Morgan fingerprint density at radius 3 is 2.61 bits per heavy atom. The number of anilines is 1. The van der Waals surface area contributed by atoms with Gasteiger partial charge in [-0.15, -0.1) is 0 Å². The first-order chi connectivity index (χ1) is 20.0. The molecule has 3 aliphatic heterocycles. The molecule has 4 heterocycles. The molecular weight excluding hydrogens is 527 g/mol. The zero-order valence-electron chi connectivity index (χ0n) is 22.4. The van der Waals surface area contributed by atoms with Crippen molar-refractivity contribution in [3.05, 3.63) is 65.4 Å². The first-order valence-corrected chi connectivity index (χ1v) is 13.7. The van der Waals surface area contributed by atoms with Crippen LogP contribution in [0.1, 0.15) is 29.7 Å². The fourth-order valence-electron chi connectivity index (χ4n) is 5.49. The topological polar surface area (TPSA) is 124 Å². The van der Waals surface area contributed by atoms with E-state index in [1.54, 1.807) is 23.1 Å². The summed E-state index contributed by atoms with van der Waals surface area (Å²) in [6.45, 7) is 2.97. The van der Waals surface area contributed by atoms with Gasteiger partial charge in [0.15, 0.2) is 0 Å². The summed E-state index contributed by atoms with van der Waals surface area (Å²) in [5.41, 5.74) is 4.97. The van der Waals surface area contributed by atoms with E-state index in [0.717, 1.165) is 5.69 Å². The van der Waals surface area contributed by atoms with Crippen LogP contribution in [0.15, 0.2) is 47.7 Å². The maximum atomic E-state index is 15.1. The van der Waals surface area contributed by atoms with E-state index < -0.39 is 6.61 Å². The number of rotatable bonds is 6. The van der Waals surface area contributed by atoms with Gasteiger partial charge in [0.1, 0.15) is 42.4 Å². The lowest BCUT2D eigenvalue weighted by Crippen LogP contribution is -2.42. The Hall–Kier alpha value is -4.40. The Morgan fingerprint density at radius 2 is 1.88 bits per heavy atom. The summed E-state index contributed by atoms with van der Waals surface area (Å²) >= 11 is 0. The van der Waals surface area contributed by atoms with Gasteiger partial charge in [0.05, 0.1) is 41.6 Å². The van der Waals surface area contributed by atoms with Gasteiger partial charge in [0.2, 0.25) is 5.91 Å². The third kappa shape index (κ3) is 5.49. The number of aliphatic hydroxyl groups is 1. The van der Waals surface area contributed by atoms with Crippen LogP contribution < -0.4 is 9.64 Å². The van der Waals surface area contributed by atoms with Gasteiger partial charge < -0.3 is 24.4 Å². The molecule has 1 N–H and O–H groups in total. The number of halogens is 1. The van der Waals surface area contributed by atoms with E-state index in [0.29, 0.717) is 104 Å². The highest BCUT2D eigenvalue weighted by atomic mass is 19.1. The van der Waals surface area contributed by atoms with Gasteiger partial charge in [0, 0.05) is 51.0 Å². The van der Waals surface area contributed by atoms with Crippen molar-refractivity contribution in [3.8, 4) is 23.1 Å². The van der Waals surface area contributed by atoms with E-state index in [1.807, 2.05) is 17.0 Å². The molecule has 210 valence electrons. The molecule has 0 bridgehead atoms. The summed E-state index contributed by atoms with van der Waals surface area (Å²) in [4.78, 5) is 29.0. The highest BCUT2D eigenvalue weighted by molar-refractivity contribution is 6.07. The maximum Gasteiger partial charge on any atom is 0.248 e. The molecule has 10 nitrogen and oxygen atoms in total. The number of nitrogens with zero attached hydrogens (tertiary/aromatic N) is 6. The normalized spacial score (nSPS) is 17.1. The number of aliphatic hydroxyl groups excluding tert-OH is 1. The SMILES string of the molecule is N#Cc1cc(-c2ncnc3c2N=C(c2ccc(N4CCOCC4)c(F)c2)C3)ccc1OC1CCN(C(=O)CO)CC1. The van der Waals surface area contributed by atoms with Crippen LogP contribution in [0.5, 0.6) is 5.75 Å². The van der Waals surface area contributed by atoms with Crippen molar-refractivity contribution >= 4 is 23.0 Å². The number of hydrogen-bond acceptors (Lipinski definition) is 9. The molecule has 0 unspecified atom stereocenters. The molecule has 2 fully saturated rings. The summed E-state index contributed by atoms with van der Waals surface area (Å²) in [5.74, 6) is -0.118. The molecule has 41 heavy (non-hydrogen) atoms. The number of amides is 1. The third-order valence-electron chi connectivity index (χ3n) is 7.71. The van der Waals surface area contributed by atoms with Crippen molar-refractivity contribution in [2.75, 3.05) is 50.9 Å². The standard InChI is InChI=1S/C30H29FN6O4/c31-23-14-19(1-3-26(23)36-9-11-40-12-10-36)24-15-25-30(35-24)29(34-18-33-25)20-2-4-27(21(13-20)16-32)41-22-5-7-37(8-6-22)28(39)17-38/h1-4,13-14,18,22,38H,5-12,15,17H2. The Labute approximate surface area is 236 Å². The maximum absolute atomic E-state index is 15.1. The van der Waals surface area contributed by atoms with Gasteiger partial charge in [-0.05, 0) is 35.9 Å². The number of hydrogen-bond donors (Lipinski definition) is 1. The lowest BCUT2D eigenvalue weighted by atomic mass is 10.0. The lowest BCUT2D eigenvalue weighted by Gasteiger charge is -2.32. The number of aromatic nitrogens is 2. The van der Waals surface area contributed by atoms with Crippen molar-refractivity contribution in [1.82, 2.24) is 14.9 Å². The van der Waals surface area contributed by atoms with Crippen LogP contribution in [0.4, 0.5) is 15.8 Å². The van der Waals surface area contributed by atoms with Crippen LogP contribution in [-0.2, 0) is 16.0 Å². The quantitative estimate of drug-likeness (QED) is 0.492. The lowest BCUT2D eigenvalue weighted by molar-refractivity contribution is -0.135. The third-order valence-corrected chi connectivity index (χ3v) is 7.71. The predicted octanol–water partition coefficient (Wildman–Crippen LogP) is 3.03. The van der Waals surface area contributed by atoms with Crippen molar-refractivity contribution < 1.29 is 23.8 Å². The van der Waals surface area contributed by atoms with Crippen LogP contribution in [0.25, 0.3) is 11.3 Å². The number of likely N-dealkylation sites (tertiary alicyclic amines) is 1. The second-order valence-corrected chi connectivity index (χ2v) is 10.2. The van der Waals surface area contributed by atoms with Crippen LogP contribution in [-0.4, -0.2) is 83.7 Å². The van der Waals surface area contributed by atoms with Crippen molar-refractivity contribution in [1.29, 1.82) is 5.26 Å². The molecule has 0 aliphatic carbocycles. The molecule has 0 radical (unpaired) electrons. The van der Waals surface area contributed by atoms with E-state index in [2.05, 4.69) is 16.0 Å². The number of ether oxygens (including phenoxy) is 2. The Bertz CT molecular complexity index is 1540. The molecule has 2 aromatic carbocycles. The highest BCUT2D eigenvalue weighted by Crippen LogP contribution is 2.38. The molecule has 6 rings (SSSR count). The van der Waals surface area contributed by atoms with Crippen molar-refractivity contribution in [2.45, 2.75) is 25.4 Å². The second-order valence-electron chi connectivity index (χ2n) is 10.2. The smallest absolute Gasteiger partial charge is 0.248 e. The molecule has 1 amide bonds. The van der Waals surface area contributed by atoms with E-state index in [-0.39, 0.29) is 17.8 Å². The molecular formula is C30H29FN6O4. The van der Waals surface area contributed by atoms with E-state index in [9.17, 15) is 10.1 Å². The summed E-state index contributed by atoms with van der Waals surface area (Å²) in [6, 6.07) is 12.7. The predicted molar refractivity (Wildman–Crippen MR) is 149 cm³/mol. The molecule has 3 aromatic rings. The molecule has 0 atom stereocenters. The molecule has 0 spiro atoms. The number of carbonyl (C=O) groups is 1. The summed E-state index contributed by atoms with van der Waals surface area (Å²) in [7, 11) is 0. The van der Waals surface area contributed by atoms with Crippen LogP contribution >= 0.6 is 0 Å². The van der Waals surface area contributed by atoms with Gasteiger partial charge in [-0.25, -0.2) is 19.4 Å². The second kappa shape index (κ2) is 11.6. The number of nitriles is 1. The molecule has 3 aliphatic rings. The zero-order chi connectivity index (χ0) is 28.3. The molecule has 11 heteroatoms.